The number of rotatable bonds is 6. The number of nitrogens with zero attached hydrogens (tertiary/aromatic N) is 2. The molecule has 1 atom stereocenters. The zero-order valence-corrected chi connectivity index (χ0v) is 17.9. The Balaban J connectivity index is 1.47. The van der Waals surface area contributed by atoms with Gasteiger partial charge in [-0.1, -0.05) is 18.2 Å². The highest BCUT2D eigenvalue weighted by atomic mass is 16.2. The summed E-state index contributed by atoms with van der Waals surface area (Å²) >= 11 is 0. The number of anilines is 1. The summed E-state index contributed by atoms with van der Waals surface area (Å²) in [6.45, 7) is 11.7. The molecule has 2 aromatic rings. The number of amides is 1. The van der Waals surface area contributed by atoms with E-state index in [-0.39, 0.29) is 17.7 Å². The first-order chi connectivity index (χ1) is 13.8. The fourth-order valence-electron chi connectivity index (χ4n) is 3.68. The van der Waals surface area contributed by atoms with Crippen LogP contribution < -0.4 is 10.2 Å². The number of hydrogen-bond donors (Lipinski definition) is 1. The molecule has 0 aliphatic carbocycles. The Morgan fingerprint density at radius 2 is 1.62 bits per heavy atom. The molecule has 0 radical (unpaired) electrons. The number of nitrogens with one attached hydrogen (secondary N) is 1. The van der Waals surface area contributed by atoms with Gasteiger partial charge in [0.05, 0.1) is 12.6 Å². The van der Waals surface area contributed by atoms with Crippen molar-refractivity contribution in [2.75, 3.05) is 37.6 Å². The van der Waals surface area contributed by atoms with Crippen LogP contribution in [-0.4, -0.2) is 49.3 Å². The number of carbonyl (C=O) groups is 2. The van der Waals surface area contributed by atoms with Crippen LogP contribution in [0, 0.1) is 13.8 Å². The smallest absolute Gasteiger partial charge is 0.234 e. The van der Waals surface area contributed by atoms with Crippen LogP contribution >= 0.6 is 0 Å². The first kappa shape index (κ1) is 21.1. The van der Waals surface area contributed by atoms with Gasteiger partial charge in [0.25, 0.3) is 0 Å². The number of aryl methyl sites for hydroxylation is 2. The van der Waals surface area contributed by atoms with E-state index in [0.29, 0.717) is 6.54 Å². The third-order valence-corrected chi connectivity index (χ3v) is 5.79. The predicted molar refractivity (Wildman–Crippen MR) is 118 cm³/mol. The molecule has 1 aliphatic heterocycles. The first-order valence-electron chi connectivity index (χ1n) is 10.3. The van der Waals surface area contributed by atoms with E-state index in [0.717, 1.165) is 43.0 Å². The molecule has 0 spiro atoms. The van der Waals surface area contributed by atoms with Crippen LogP contribution in [0.4, 0.5) is 5.69 Å². The van der Waals surface area contributed by atoms with Crippen molar-refractivity contribution in [1.82, 2.24) is 10.2 Å². The summed E-state index contributed by atoms with van der Waals surface area (Å²) in [5.74, 6) is 0.150. The molecule has 29 heavy (non-hydrogen) atoms. The van der Waals surface area contributed by atoms with Gasteiger partial charge in [0.2, 0.25) is 5.91 Å². The molecule has 2 aromatic carbocycles. The number of benzene rings is 2. The Hall–Kier alpha value is -2.66. The minimum Gasteiger partial charge on any atom is -0.369 e. The zero-order valence-electron chi connectivity index (χ0n) is 17.9. The van der Waals surface area contributed by atoms with Crippen LogP contribution in [0.3, 0.4) is 0 Å². The lowest BCUT2D eigenvalue weighted by Gasteiger charge is -2.36. The van der Waals surface area contributed by atoms with Crippen molar-refractivity contribution in [3.8, 4) is 0 Å². The highest BCUT2D eigenvalue weighted by molar-refractivity contribution is 5.94. The highest BCUT2D eigenvalue weighted by Crippen LogP contribution is 2.19. The van der Waals surface area contributed by atoms with Crippen LogP contribution in [-0.2, 0) is 4.79 Å². The van der Waals surface area contributed by atoms with E-state index >= 15 is 0 Å². The van der Waals surface area contributed by atoms with Gasteiger partial charge in [-0.2, -0.15) is 0 Å². The van der Waals surface area contributed by atoms with E-state index in [1.54, 1.807) is 6.92 Å². The van der Waals surface area contributed by atoms with Crippen molar-refractivity contribution in [3.05, 3.63) is 64.7 Å². The molecule has 0 saturated carbocycles. The highest BCUT2D eigenvalue weighted by Gasteiger charge is 2.20. The van der Waals surface area contributed by atoms with Crippen molar-refractivity contribution in [2.45, 2.75) is 33.7 Å². The van der Waals surface area contributed by atoms with Crippen LogP contribution in [0.2, 0.25) is 0 Å². The van der Waals surface area contributed by atoms with E-state index in [4.69, 9.17) is 0 Å². The van der Waals surface area contributed by atoms with Crippen molar-refractivity contribution < 1.29 is 9.59 Å². The third kappa shape index (κ3) is 5.45. The van der Waals surface area contributed by atoms with Crippen LogP contribution in [0.25, 0.3) is 0 Å². The average molecular weight is 394 g/mol. The predicted octanol–water partition coefficient (Wildman–Crippen LogP) is 3.51. The molecular formula is C24H31N3O2. The first-order valence-corrected chi connectivity index (χ1v) is 10.3. The van der Waals surface area contributed by atoms with Crippen molar-refractivity contribution >= 4 is 17.4 Å². The largest absolute Gasteiger partial charge is 0.369 e. The van der Waals surface area contributed by atoms with Gasteiger partial charge in [0.1, 0.15) is 0 Å². The molecule has 0 unspecified atom stereocenters. The lowest BCUT2D eigenvalue weighted by molar-refractivity contribution is -0.123. The van der Waals surface area contributed by atoms with Gasteiger partial charge in [-0.05, 0) is 68.7 Å². The number of ketones is 1. The summed E-state index contributed by atoms with van der Waals surface area (Å²) in [4.78, 5) is 28.4. The second kappa shape index (κ2) is 9.23. The van der Waals surface area contributed by atoms with E-state index in [9.17, 15) is 9.59 Å². The van der Waals surface area contributed by atoms with Gasteiger partial charge in [-0.3, -0.25) is 14.5 Å². The zero-order chi connectivity index (χ0) is 21.0. The molecule has 1 fully saturated rings. The summed E-state index contributed by atoms with van der Waals surface area (Å²) in [5, 5.41) is 3.12. The summed E-state index contributed by atoms with van der Waals surface area (Å²) in [6, 6.07) is 14.1. The minimum atomic E-state index is 0.00267. The van der Waals surface area contributed by atoms with Crippen molar-refractivity contribution in [1.29, 1.82) is 0 Å². The van der Waals surface area contributed by atoms with E-state index in [1.807, 2.05) is 31.2 Å². The van der Waals surface area contributed by atoms with E-state index in [2.05, 4.69) is 47.2 Å². The molecule has 1 aliphatic rings. The Morgan fingerprint density at radius 1 is 0.966 bits per heavy atom. The van der Waals surface area contributed by atoms with Gasteiger partial charge in [-0.15, -0.1) is 0 Å². The molecule has 1 heterocycles. The third-order valence-electron chi connectivity index (χ3n) is 5.79. The van der Waals surface area contributed by atoms with Gasteiger partial charge in [0.15, 0.2) is 5.78 Å². The molecule has 1 amide bonds. The van der Waals surface area contributed by atoms with Crippen LogP contribution in [0.5, 0.6) is 0 Å². The molecule has 0 aromatic heterocycles. The quantitative estimate of drug-likeness (QED) is 0.763. The van der Waals surface area contributed by atoms with E-state index < -0.39 is 0 Å². The number of carbonyl (C=O) groups excluding carboxylic acids is 2. The second-order valence-corrected chi connectivity index (χ2v) is 8.00. The Morgan fingerprint density at radius 3 is 2.21 bits per heavy atom. The maximum atomic E-state index is 12.5. The monoisotopic (exact) mass is 393 g/mol. The van der Waals surface area contributed by atoms with Crippen molar-refractivity contribution in [2.24, 2.45) is 0 Å². The number of Topliss-reactive ketones (excluding diaryl/α,β-unsaturated/α-hetero) is 1. The molecular weight excluding hydrogens is 362 g/mol. The van der Waals surface area contributed by atoms with Crippen LogP contribution in [0.1, 0.15) is 46.9 Å². The molecule has 154 valence electrons. The van der Waals surface area contributed by atoms with Gasteiger partial charge >= 0.3 is 0 Å². The molecule has 1 N–H and O–H groups in total. The van der Waals surface area contributed by atoms with Gasteiger partial charge in [-0.25, -0.2) is 0 Å². The normalized spacial score (nSPS) is 15.8. The lowest BCUT2D eigenvalue weighted by Crippen LogP contribution is -2.49. The molecule has 5 nitrogen and oxygen atoms in total. The second-order valence-electron chi connectivity index (χ2n) is 8.00. The number of piperazine rings is 1. The topological polar surface area (TPSA) is 52.7 Å². The standard InChI is InChI=1S/C24H31N3O2/c1-17-5-6-22(15-18(17)2)19(3)25-24(29)16-26-11-13-27(14-12-26)23-9-7-21(8-10-23)20(4)28/h5-10,15,19H,11-14,16H2,1-4H3,(H,25,29)/t19-/m0/s1. The minimum absolute atomic E-state index is 0.00267. The summed E-state index contributed by atoms with van der Waals surface area (Å²) in [7, 11) is 0. The lowest BCUT2D eigenvalue weighted by atomic mass is 10.0. The van der Waals surface area contributed by atoms with Gasteiger partial charge < -0.3 is 10.2 Å². The Labute approximate surface area is 173 Å². The summed E-state index contributed by atoms with van der Waals surface area (Å²) in [5.41, 5.74) is 5.52. The van der Waals surface area contributed by atoms with E-state index in [1.165, 1.54) is 11.1 Å². The summed E-state index contributed by atoms with van der Waals surface area (Å²) < 4.78 is 0. The molecule has 5 heteroatoms. The number of hydrogen-bond acceptors (Lipinski definition) is 4. The fourth-order valence-corrected chi connectivity index (χ4v) is 3.68. The SMILES string of the molecule is CC(=O)c1ccc(N2CCN(CC(=O)N[C@@H](C)c3ccc(C)c(C)c3)CC2)cc1. The summed E-state index contributed by atoms with van der Waals surface area (Å²) in [6.07, 6.45) is 0. The van der Waals surface area contributed by atoms with Gasteiger partial charge in [0, 0.05) is 37.4 Å². The van der Waals surface area contributed by atoms with Crippen molar-refractivity contribution in [3.63, 3.8) is 0 Å². The average Bonchev–Trinajstić information content (AvgIpc) is 2.70. The van der Waals surface area contributed by atoms with Crippen LogP contribution in [0.15, 0.2) is 42.5 Å². The fraction of sp³-hybridized carbons (Fsp3) is 0.417. The maximum absolute atomic E-state index is 12.5. The molecule has 3 rings (SSSR count). The Kier molecular flexibility index (Phi) is 6.70. The molecule has 1 saturated heterocycles. The Bertz CT molecular complexity index is 868. The molecule has 0 bridgehead atoms. The maximum Gasteiger partial charge on any atom is 0.234 e.